The van der Waals surface area contributed by atoms with Gasteiger partial charge in [-0.25, -0.2) is 4.57 Å². The van der Waals surface area contributed by atoms with Crippen molar-refractivity contribution in [1.29, 1.82) is 0 Å². The SMILES string of the molecule is CC/C=C/C/C=C/C/C=C/C/C=C/C/C=C/CCCCCC(=O)OC[C@H](COP(=O)(O)OC1C(O)C(O)C(O)[C@@H](O)C1O)OC(=O)CCCCCCC/C=C/CCCC. The van der Waals surface area contributed by atoms with Crippen molar-refractivity contribution in [2.24, 2.45) is 0 Å². The van der Waals surface area contributed by atoms with Gasteiger partial charge >= 0.3 is 19.8 Å². The summed E-state index contributed by atoms with van der Waals surface area (Å²) in [6.45, 7) is 3.08. The molecule has 0 radical (unpaired) electrons. The first-order chi connectivity index (χ1) is 28.4. The maximum atomic E-state index is 12.8. The molecule has 338 valence electrons. The number of aliphatic hydroxyl groups is 5. The van der Waals surface area contributed by atoms with Crippen LogP contribution in [0.25, 0.3) is 0 Å². The summed E-state index contributed by atoms with van der Waals surface area (Å²) in [5, 5.41) is 50.0. The lowest BCUT2D eigenvalue weighted by Gasteiger charge is -2.41. The number of ether oxygens (including phenoxy) is 2. The molecule has 0 aromatic rings. The van der Waals surface area contributed by atoms with E-state index < -0.39 is 75.7 Å². The van der Waals surface area contributed by atoms with E-state index in [0.29, 0.717) is 12.8 Å². The van der Waals surface area contributed by atoms with Crippen molar-refractivity contribution in [2.75, 3.05) is 13.2 Å². The van der Waals surface area contributed by atoms with Gasteiger partial charge < -0.3 is 39.9 Å². The average molecular weight is 855 g/mol. The lowest BCUT2D eigenvalue weighted by molar-refractivity contribution is -0.220. The summed E-state index contributed by atoms with van der Waals surface area (Å²) >= 11 is 0. The fourth-order valence-electron chi connectivity index (χ4n) is 6.00. The minimum Gasteiger partial charge on any atom is -0.462 e. The normalized spacial score (nSPS) is 23.1. The van der Waals surface area contributed by atoms with Crippen LogP contribution in [-0.2, 0) is 32.7 Å². The van der Waals surface area contributed by atoms with Gasteiger partial charge in [0.1, 0.15) is 43.2 Å². The van der Waals surface area contributed by atoms with Gasteiger partial charge in [0.2, 0.25) is 0 Å². The highest BCUT2D eigenvalue weighted by Gasteiger charge is 2.51. The van der Waals surface area contributed by atoms with Gasteiger partial charge in [0.05, 0.1) is 6.61 Å². The van der Waals surface area contributed by atoms with E-state index in [4.69, 9.17) is 18.5 Å². The Morgan fingerprint density at radius 3 is 1.51 bits per heavy atom. The first-order valence-corrected chi connectivity index (χ1v) is 23.2. The number of aliphatic hydroxyl groups excluding tert-OH is 5. The Kier molecular flexibility index (Phi) is 32.2. The van der Waals surface area contributed by atoms with Gasteiger partial charge in [0.15, 0.2) is 6.10 Å². The summed E-state index contributed by atoms with van der Waals surface area (Å²) < 4.78 is 33.4. The maximum absolute atomic E-state index is 12.8. The lowest BCUT2D eigenvalue weighted by Crippen LogP contribution is -2.64. The van der Waals surface area contributed by atoms with E-state index in [1.54, 1.807) is 0 Å². The fraction of sp³-hybridized carbons (Fsp3) is 0.689. The molecular weight excluding hydrogens is 779 g/mol. The molecule has 1 fully saturated rings. The molecule has 59 heavy (non-hydrogen) atoms. The molecule has 0 amide bonds. The minimum atomic E-state index is -5.13. The van der Waals surface area contributed by atoms with E-state index in [1.165, 1.54) is 12.8 Å². The molecule has 1 saturated carbocycles. The first kappa shape index (κ1) is 54.3. The van der Waals surface area contributed by atoms with Gasteiger partial charge in [0, 0.05) is 12.8 Å². The Balaban J connectivity index is 2.50. The van der Waals surface area contributed by atoms with Crippen LogP contribution in [0.5, 0.6) is 0 Å². The van der Waals surface area contributed by atoms with Crippen LogP contribution in [0.3, 0.4) is 0 Å². The number of allylic oxidation sites excluding steroid dienone is 12. The number of carbonyl (C=O) groups excluding carboxylic acids is 2. The molecule has 0 aliphatic heterocycles. The molecule has 6 N–H and O–H groups in total. The molecule has 0 bridgehead atoms. The predicted molar refractivity (Wildman–Crippen MR) is 230 cm³/mol. The van der Waals surface area contributed by atoms with E-state index in [0.717, 1.165) is 89.9 Å². The van der Waals surface area contributed by atoms with Crippen molar-refractivity contribution in [3.05, 3.63) is 72.9 Å². The summed E-state index contributed by atoms with van der Waals surface area (Å²) in [6, 6.07) is 0. The maximum Gasteiger partial charge on any atom is 0.472 e. The molecule has 14 heteroatoms. The Morgan fingerprint density at radius 1 is 0.542 bits per heavy atom. The zero-order valence-corrected chi connectivity index (χ0v) is 36.4. The molecule has 13 nitrogen and oxygen atoms in total. The second-order valence-electron chi connectivity index (χ2n) is 14.8. The van der Waals surface area contributed by atoms with Crippen molar-refractivity contribution in [3.8, 4) is 0 Å². The number of carbonyl (C=O) groups is 2. The Morgan fingerprint density at radius 2 is 0.966 bits per heavy atom. The Bertz CT molecular complexity index is 1310. The quantitative estimate of drug-likeness (QED) is 0.0157. The number of phosphoric acid groups is 1. The molecule has 1 rings (SSSR count). The van der Waals surface area contributed by atoms with Crippen molar-refractivity contribution in [3.63, 3.8) is 0 Å². The third-order valence-electron chi connectivity index (χ3n) is 9.53. The zero-order chi connectivity index (χ0) is 43.6. The third kappa shape index (κ3) is 27.7. The van der Waals surface area contributed by atoms with Crippen molar-refractivity contribution in [2.45, 2.75) is 185 Å². The van der Waals surface area contributed by atoms with Crippen LogP contribution in [0.15, 0.2) is 72.9 Å². The highest BCUT2D eigenvalue weighted by molar-refractivity contribution is 7.47. The number of unbranched alkanes of at least 4 members (excludes halogenated alkanes) is 10. The molecule has 1 aliphatic rings. The van der Waals surface area contributed by atoms with E-state index in [2.05, 4.69) is 86.8 Å². The first-order valence-electron chi connectivity index (χ1n) is 21.7. The van der Waals surface area contributed by atoms with Crippen LogP contribution >= 0.6 is 7.82 Å². The van der Waals surface area contributed by atoms with Crippen molar-refractivity contribution < 1.29 is 63.1 Å². The average Bonchev–Trinajstić information content (AvgIpc) is 3.21. The van der Waals surface area contributed by atoms with Crippen LogP contribution in [0.2, 0.25) is 0 Å². The predicted octanol–water partition coefficient (Wildman–Crippen LogP) is 7.94. The smallest absolute Gasteiger partial charge is 0.462 e. The van der Waals surface area contributed by atoms with E-state index in [9.17, 15) is 44.6 Å². The molecule has 8 atom stereocenters. The molecule has 0 aromatic carbocycles. The number of phosphoric ester groups is 1. The zero-order valence-electron chi connectivity index (χ0n) is 35.5. The van der Waals surface area contributed by atoms with E-state index in [-0.39, 0.29) is 12.8 Å². The summed E-state index contributed by atoms with van der Waals surface area (Å²) in [7, 11) is -5.13. The lowest BCUT2D eigenvalue weighted by atomic mass is 9.85. The fourth-order valence-corrected chi connectivity index (χ4v) is 6.97. The largest absolute Gasteiger partial charge is 0.472 e. The monoisotopic (exact) mass is 854 g/mol. The van der Waals surface area contributed by atoms with Gasteiger partial charge in [-0.15, -0.1) is 0 Å². The van der Waals surface area contributed by atoms with Gasteiger partial charge in [0.25, 0.3) is 0 Å². The summed E-state index contributed by atoms with van der Waals surface area (Å²) in [4.78, 5) is 35.6. The van der Waals surface area contributed by atoms with E-state index in [1.807, 2.05) is 0 Å². The molecule has 0 spiro atoms. The van der Waals surface area contributed by atoms with Gasteiger partial charge in [-0.3, -0.25) is 18.6 Å². The molecular formula is C45H75O13P. The van der Waals surface area contributed by atoms with Crippen LogP contribution < -0.4 is 0 Å². The Hall–Kier alpha value is -2.71. The Labute approximate surface area is 353 Å². The number of esters is 2. The van der Waals surface area contributed by atoms with Gasteiger partial charge in [-0.05, 0) is 77.0 Å². The molecule has 1 aliphatic carbocycles. The van der Waals surface area contributed by atoms with Gasteiger partial charge in [-0.2, -0.15) is 0 Å². The second kappa shape index (κ2) is 34.9. The van der Waals surface area contributed by atoms with Crippen LogP contribution in [0.1, 0.15) is 142 Å². The number of hydrogen-bond acceptors (Lipinski definition) is 12. The second-order valence-corrected chi connectivity index (χ2v) is 16.2. The van der Waals surface area contributed by atoms with Gasteiger partial charge in [-0.1, -0.05) is 125 Å². The standard InChI is InChI=1S/C45H75O13P/c1-3-5-7-9-11-13-15-16-17-18-19-20-21-22-24-25-27-29-31-33-38(46)55-35-37(57-39(47)34-32-30-28-26-23-14-12-10-8-6-4-2)36-56-59(53,54)58-45-43(51)41(49)40(48)42(50)44(45)52/h5,7,10-13,16-17,19-20,22,24,37,40-45,48-52H,3-4,6,8-9,14-15,18,21,23,25-36H2,1-2H3,(H,53,54)/b7-5+,12-10+,13-11+,17-16+,20-19+,24-22+/t37-,40?,41-,42?,43?,44?,45?/m1/s1. The summed E-state index contributed by atoms with van der Waals surface area (Å²) in [5.41, 5.74) is 0. The van der Waals surface area contributed by atoms with Crippen molar-refractivity contribution in [1.82, 2.24) is 0 Å². The van der Waals surface area contributed by atoms with Crippen molar-refractivity contribution >= 4 is 19.8 Å². The molecule has 6 unspecified atom stereocenters. The molecule has 0 saturated heterocycles. The highest BCUT2D eigenvalue weighted by atomic mass is 31.2. The van der Waals surface area contributed by atoms with Crippen LogP contribution in [0, 0.1) is 0 Å². The summed E-state index contributed by atoms with van der Waals surface area (Å²) in [5.74, 6) is -1.16. The van der Waals surface area contributed by atoms with E-state index >= 15 is 0 Å². The van der Waals surface area contributed by atoms with Crippen LogP contribution in [-0.4, -0.2) is 98.3 Å². The highest BCUT2D eigenvalue weighted by Crippen LogP contribution is 2.47. The topological polar surface area (TPSA) is 210 Å². The number of rotatable bonds is 34. The third-order valence-corrected chi connectivity index (χ3v) is 10.5. The van der Waals surface area contributed by atoms with Crippen LogP contribution in [0.4, 0.5) is 0 Å². The minimum absolute atomic E-state index is 0.0745. The molecule has 0 heterocycles. The molecule has 0 aromatic heterocycles. The summed E-state index contributed by atoms with van der Waals surface area (Å²) in [6.07, 6.45) is 29.7. The number of hydrogen-bond donors (Lipinski definition) is 6.